The Bertz CT molecular complexity index is 86.1. The molecule has 0 saturated heterocycles. The number of aliphatic hydroxyl groups excluding tert-OH is 1. The van der Waals surface area contributed by atoms with Crippen molar-refractivity contribution in [2.75, 3.05) is 6.73 Å². The monoisotopic (exact) mass is 156 g/mol. The summed E-state index contributed by atoms with van der Waals surface area (Å²) in [6.07, 6.45) is 0. The minimum absolute atomic E-state index is 0.290. The van der Waals surface area contributed by atoms with Gasteiger partial charge in [0.2, 0.25) is 0 Å². The first-order chi connectivity index (χ1) is 3.72. The molecule has 0 fully saturated rings. The average Bonchev–Trinajstić information content (AvgIpc) is 1.69. The van der Waals surface area contributed by atoms with E-state index < -0.39 is 12.8 Å². The van der Waals surface area contributed by atoms with Crippen LogP contribution in [0.2, 0.25) is 0 Å². The molecule has 0 aromatic carbocycles. The molecule has 2 amide bonds. The lowest BCUT2D eigenvalue weighted by molar-refractivity contribution is 0.183. The zero-order valence-electron chi connectivity index (χ0n) is 3.97. The highest BCUT2D eigenvalue weighted by atomic mass is 35.7. The molecule has 3 N–H and O–H groups in total. The molecule has 0 heterocycles. The van der Waals surface area contributed by atoms with E-state index in [-0.39, 0.29) is 8.08 Å². The number of hydrogen-bond acceptors (Lipinski definition) is 2. The third-order valence-corrected chi connectivity index (χ3v) is 1.69. The summed E-state index contributed by atoms with van der Waals surface area (Å²) in [6.45, 7) is -0.419. The molecule has 1 atom stereocenters. The van der Waals surface area contributed by atoms with Gasteiger partial charge in [-0.1, -0.05) is 11.2 Å². The molecule has 0 aliphatic heterocycles. The molecule has 6 heteroatoms. The van der Waals surface area contributed by atoms with E-state index in [2.05, 4.69) is 0 Å². The van der Waals surface area contributed by atoms with Crippen molar-refractivity contribution in [2.24, 2.45) is 5.73 Å². The fraction of sp³-hybridized carbons (Fsp3) is 0.500. The molecular weight excluding hydrogens is 150 g/mol. The van der Waals surface area contributed by atoms with Crippen LogP contribution in [0.3, 0.4) is 0 Å². The Morgan fingerprint density at radius 2 is 2.50 bits per heavy atom. The maximum Gasteiger partial charge on any atom is 0.320 e. The first kappa shape index (κ1) is 7.95. The maximum atomic E-state index is 10.1. The number of urea groups is 1. The number of carbonyl (C=O) groups is 1. The lowest BCUT2D eigenvalue weighted by Crippen LogP contribution is -2.28. The standard InChI is InChI=1S/C2H6ClN2O2P/c3-8-5(1-6)2(4)7/h6,8H,1H2,(H2,4,7). The van der Waals surface area contributed by atoms with Crippen LogP contribution in [0, 0.1) is 0 Å². The van der Waals surface area contributed by atoms with Gasteiger partial charge in [-0.15, -0.1) is 0 Å². The predicted octanol–water partition coefficient (Wildman–Crippen LogP) is 0.0642. The second-order valence-electron chi connectivity index (χ2n) is 0.992. The van der Waals surface area contributed by atoms with Crippen molar-refractivity contribution >= 4 is 25.4 Å². The topological polar surface area (TPSA) is 66.6 Å². The molecule has 0 aliphatic carbocycles. The normalized spacial score (nSPS) is 10.2. The van der Waals surface area contributed by atoms with Gasteiger partial charge in [-0.2, -0.15) is 0 Å². The van der Waals surface area contributed by atoms with E-state index in [0.29, 0.717) is 0 Å². The molecule has 0 aromatic rings. The third kappa shape index (κ3) is 2.31. The number of amides is 2. The van der Waals surface area contributed by atoms with Crippen molar-refractivity contribution in [3.05, 3.63) is 0 Å². The van der Waals surface area contributed by atoms with Gasteiger partial charge in [-0.05, 0) is 0 Å². The number of carbonyl (C=O) groups excluding carboxylic acids is 1. The van der Waals surface area contributed by atoms with Crippen LogP contribution in [-0.2, 0) is 0 Å². The molecule has 0 spiro atoms. The van der Waals surface area contributed by atoms with Crippen LogP contribution < -0.4 is 5.73 Å². The van der Waals surface area contributed by atoms with Gasteiger partial charge in [-0.25, -0.2) is 4.79 Å². The summed E-state index contributed by atoms with van der Waals surface area (Å²) >= 11 is 5.16. The Hall–Kier alpha value is -0.0500. The second-order valence-corrected chi connectivity index (χ2v) is 2.21. The van der Waals surface area contributed by atoms with Gasteiger partial charge >= 0.3 is 6.03 Å². The van der Waals surface area contributed by atoms with Gasteiger partial charge in [-0.3, -0.25) is 4.67 Å². The van der Waals surface area contributed by atoms with Crippen molar-refractivity contribution in [2.45, 2.75) is 0 Å². The average molecular weight is 157 g/mol. The van der Waals surface area contributed by atoms with E-state index in [1.54, 1.807) is 0 Å². The van der Waals surface area contributed by atoms with Crippen molar-refractivity contribution in [1.82, 2.24) is 4.67 Å². The van der Waals surface area contributed by atoms with Gasteiger partial charge in [0.25, 0.3) is 0 Å². The van der Waals surface area contributed by atoms with E-state index in [4.69, 9.17) is 22.1 Å². The summed E-state index contributed by atoms with van der Waals surface area (Å²) in [5, 5.41) is 8.24. The van der Waals surface area contributed by atoms with E-state index in [1.807, 2.05) is 0 Å². The Labute approximate surface area is 53.2 Å². The highest BCUT2D eigenvalue weighted by Crippen LogP contribution is 2.20. The van der Waals surface area contributed by atoms with Crippen molar-refractivity contribution in [1.29, 1.82) is 0 Å². The van der Waals surface area contributed by atoms with Crippen LogP contribution in [0.1, 0.15) is 0 Å². The number of hydrogen-bond donors (Lipinski definition) is 2. The van der Waals surface area contributed by atoms with Gasteiger partial charge in [0, 0.05) is 0 Å². The fourth-order valence-corrected chi connectivity index (χ4v) is 0.685. The van der Waals surface area contributed by atoms with Crippen LogP contribution in [0.25, 0.3) is 0 Å². The SMILES string of the molecule is NC(=O)N(CO)PCl. The number of nitrogens with zero attached hydrogens (tertiary/aromatic N) is 1. The summed E-state index contributed by atoms with van der Waals surface area (Å²) in [5.41, 5.74) is 4.71. The number of aliphatic hydroxyl groups is 1. The lowest BCUT2D eigenvalue weighted by atomic mass is 11.0. The second kappa shape index (κ2) is 3.89. The van der Waals surface area contributed by atoms with E-state index in [0.717, 1.165) is 4.67 Å². The zero-order chi connectivity index (χ0) is 6.57. The Kier molecular flexibility index (Phi) is 3.87. The maximum absolute atomic E-state index is 10.1. The molecule has 1 unspecified atom stereocenters. The van der Waals surface area contributed by atoms with E-state index in [9.17, 15) is 4.79 Å². The zero-order valence-corrected chi connectivity index (χ0v) is 5.72. The fourth-order valence-electron chi connectivity index (χ4n) is 0.138. The molecule has 0 aliphatic rings. The molecule has 48 valence electrons. The number of primary amides is 1. The van der Waals surface area contributed by atoms with Gasteiger partial charge in [0.15, 0.2) is 0 Å². The number of nitrogens with two attached hydrogens (primary N) is 1. The Morgan fingerprint density at radius 1 is 2.00 bits per heavy atom. The van der Waals surface area contributed by atoms with E-state index in [1.165, 1.54) is 0 Å². The summed E-state index contributed by atoms with van der Waals surface area (Å²) in [7, 11) is -0.290. The van der Waals surface area contributed by atoms with Gasteiger partial charge in [0.05, 0.1) is 8.08 Å². The highest BCUT2D eigenvalue weighted by molar-refractivity contribution is 7.66. The summed E-state index contributed by atoms with van der Waals surface area (Å²) in [4.78, 5) is 10.1. The minimum Gasteiger partial charge on any atom is -0.376 e. The molecule has 0 saturated carbocycles. The first-order valence-corrected chi connectivity index (χ1v) is 3.72. The van der Waals surface area contributed by atoms with Crippen LogP contribution in [-0.4, -0.2) is 22.5 Å². The minimum atomic E-state index is -0.708. The molecule has 4 nitrogen and oxygen atoms in total. The summed E-state index contributed by atoms with van der Waals surface area (Å²) in [6, 6.07) is -0.708. The predicted molar refractivity (Wildman–Crippen MR) is 32.7 cm³/mol. The van der Waals surface area contributed by atoms with Gasteiger partial charge in [0.1, 0.15) is 6.73 Å². The number of halogens is 1. The largest absolute Gasteiger partial charge is 0.376 e. The first-order valence-electron chi connectivity index (χ1n) is 1.76. The molecule has 0 radical (unpaired) electrons. The van der Waals surface area contributed by atoms with Crippen LogP contribution in [0.15, 0.2) is 0 Å². The smallest absolute Gasteiger partial charge is 0.320 e. The molecule has 0 bridgehead atoms. The summed E-state index contributed by atoms with van der Waals surface area (Å²) < 4.78 is 0.904. The highest BCUT2D eigenvalue weighted by Gasteiger charge is 2.03. The van der Waals surface area contributed by atoms with Crippen LogP contribution in [0.5, 0.6) is 0 Å². The van der Waals surface area contributed by atoms with Crippen molar-refractivity contribution in [3.63, 3.8) is 0 Å². The quantitative estimate of drug-likeness (QED) is 0.439. The number of rotatable bonds is 2. The molecule has 0 rings (SSSR count). The van der Waals surface area contributed by atoms with Gasteiger partial charge < -0.3 is 10.8 Å². The van der Waals surface area contributed by atoms with E-state index >= 15 is 0 Å². The van der Waals surface area contributed by atoms with Crippen LogP contribution in [0.4, 0.5) is 4.79 Å². The van der Waals surface area contributed by atoms with Crippen LogP contribution >= 0.6 is 19.3 Å². The third-order valence-electron chi connectivity index (χ3n) is 0.509. The lowest BCUT2D eigenvalue weighted by Gasteiger charge is -2.10. The Morgan fingerprint density at radius 3 is 2.50 bits per heavy atom. The Balaban J connectivity index is 3.52. The molecular formula is C2H6ClN2O2P. The molecule has 0 aromatic heterocycles. The van der Waals surface area contributed by atoms with Crippen molar-refractivity contribution < 1.29 is 9.90 Å². The van der Waals surface area contributed by atoms with Crippen molar-refractivity contribution in [3.8, 4) is 0 Å². The summed E-state index contributed by atoms with van der Waals surface area (Å²) in [5.74, 6) is 0. The molecule has 8 heavy (non-hydrogen) atoms.